The van der Waals surface area contributed by atoms with Gasteiger partial charge in [-0.15, -0.1) is 0 Å². The molecule has 0 heterocycles. The number of ketones is 1. The molecule has 2 nitrogen and oxygen atoms in total. The molecule has 19 heavy (non-hydrogen) atoms. The van der Waals surface area contributed by atoms with Crippen molar-refractivity contribution in [1.82, 2.24) is 0 Å². The highest BCUT2D eigenvalue weighted by molar-refractivity contribution is 6.26. The van der Waals surface area contributed by atoms with E-state index in [1.807, 2.05) is 54.6 Å². The second-order valence-electron chi connectivity index (χ2n) is 4.81. The van der Waals surface area contributed by atoms with E-state index in [2.05, 4.69) is 0 Å². The molecule has 1 aliphatic carbocycles. The molecule has 1 aliphatic rings. The van der Waals surface area contributed by atoms with Crippen LogP contribution in [0, 0.1) is 0 Å². The molecule has 0 bridgehead atoms. The fraction of sp³-hybridized carbons (Fsp3) is 0. The molecule has 3 aromatic carbocycles. The van der Waals surface area contributed by atoms with E-state index in [1.165, 1.54) is 0 Å². The van der Waals surface area contributed by atoms with Crippen molar-refractivity contribution in [2.24, 2.45) is 0 Å². The van der Waals surface area contributed by atoms with Crippen LogP contribution in [0.1, 0.15) is 15.9 Å². The lowest BCUT2D eigenvalue weighted by atomic mass is 9.98. The van der Waals surface area contributed by atoms with Gasteiger partial charge < -0.3 is 5.73 Å². The second kappa shape index (κ2) is 3.45. The summed E-state index contributed by atoms with van der Waals surface area (Å²) in [4.78, 5) is 12.4. The van der Waals surface area contributed by atoms with Gasteiger partial charge in [-0.25, -0.2) is 0 Å². The predicted octanol–water partition coefficient (Wildman–Crippen LogP) is 3.63. The Morgan fingerprint density at radius 3 is 2.32 bits per heavy atom. The minimum absolute atomic E-state index is 0.0723. The molecule has 0 aliphatic heterocycles. The van der Waals surface area contributed by atoms with E-state index in [1.54, 1.807) is 0 Å². The number of nitrogens with two attached hydrogens (primary N) is 1. The highest BCUT2D eigenvalue weighted by Crippen LogP contribution is 2.43. The first-order chi connectivity index (χ1) is 9.27. The van der Waals surface area contributed by atoms with Crippen LogP contribution in [0.4, 0.5) is 5.69 Å². The lowest BCUT2D eigenvalue weighted by Gasteiger charge is -2.08. The molecule has 0 amide bonds. The molecule has 90 valence electrons. The van der Waals surface area contributed by atoms with E-state index in [4.69, 9.17) is 5.73 Å². The first-order valence-corrected chi connectivity index (χ1v) is 6.22. The van der Waals surface area contributed by atoms with Crippen molar-refractivity contribution in [1.29, 1.82) is 0 Å². The molecule has 0 spiro atoms. The second-order valence-corrected chi connectivity index (χ2v) is 4.81. The standard InChI is InChI=1S/C17H11NO/c18-16-11-6-2-1-5-10(11)9-14-15(16)12-7-3-4-8-13(12)17(14)19/h1-9H,18H2. The van der Waals surface area contributed by atoms with Crippen LogP contribution in [-0.4, -0.2) is 5.78 Å². The number of fused-ring (bicyclic) bond motifs is 4. The number of hydrogen-bond acceptors (Lipinski definition) is 2. The van der Waals surface area contributed by atoms with Crippen LogP contribution < -0.4 is 5.73 Å². The Bertz CT molecular complexity index is 849. The number of anilines is 1. The van der Waals surface area contributed by atoms with Gasteiger partial charge in [0.2, 0.25) is 0 Å². The molecule has 0 unspecified atom stereocenters. The zero-order chi connectivity index (χ0) is 13.0. The Hall–Kier alpha value is -2.61. The van der Waals surface area contributed by atoms with Crippen molar-refractivity contribution in [3.05, 3.63) is 65.7 Å². The number of benzene rings is 3. The van der Waals surface area contributed by atoms with Gasteiger partial charge in [0.25, 0.3) is 0 Å². The van der Waals surface area contributed by atoms with Gasteiger partial charge in [0.15, 0.2) is 5.78 Å². The summed E-state index contributed by atoms with van der Waals surface area (Å²) in [5.41, 5.74) is 10.3. The van der Waals surface area contributed by atoms with Crippen molar-refractivity contribution >= 4 is 22.2 Å². The molecule has 0 radical (unpaired) electrons. The van der Waals surface area contributed by atoms with Gasteiger partial charge in [0.1, 0.15) is 0 Å². The third-order valence-electron chi connectivity index (χ3n) is 3.78. The molecule has 2 heteroatoms. The lowest BCUT2D eigenvalue weighted by Crippen LogP contribution is -1.97. The molecule has 4 rings (SSSR count). The van der Waals surface area contributed by atoms with Gasteiger partial charge in [-0.2, -0.15) is 0 Å². The van der Waals surface area contributed by atoms with Crippen LogP contribution in [0.3, 0.4) is 0 Å². The van der Waals surface area contributed by atoms with Gasteiger partial charge in [-0.1, -0.05) is 48.5 Å². The number of rotatable bonds is 0. The average Bonchev–Trinajstić information content (AvgIpc) is 2.74. The van der Waals surface area contributed by atoms with Crippen molar-refractivity contribution in [3.63, 3.8) is 0 Å². The zero-order valence-electron chi connectivity index (χ0n) is 10.2. The minimum Gasteiger partial charge on any atom is -0.398 e. The first-order valence-electron chi connectivity index (χ1n) is 6.22. The van der Waals surface area contributed by atoms with Crippen LogP contribution in [0.25, 0.3) is 21.9 Å². The maximum absolute atomic E-state index is 12.4. The van der Waals surface area contributed by atoms with Crippen molar-refractivity contribution in [3.8, 4) is 11.1 Å². The fourth-order valence-corrected chi connectivity index (χ4v) is 2.89. The van der Waals surface area contributed by atoms with E-state index in [0.717, 1.165) is 33.0 Å². The van der Waals surface area contributed by atoms with Crippen molar-refractivity contribution in [2.75, 3.05) is 5.73 Å². The highest BCUT2D eigenvalue weighted by atomic mass is 16.1. The van der Waals surface area contributed by atoms with Crippen molar-refractivity contribution < 1.29 is 4.79 Å². The van der Waals surface area contributed by atoms with Gasteiger partial charge in [-0.3, -0.25) is 4.79 Å². The first kappa shape index (κ1) is 10.3. The average molecular weight is 245 g/mol. The molecule has 0 aromatic heterocycles. The molecule has 3 aromatic rings. The van der Waals surface area contributed by atoms with E-state index in [0.29, 0.717) is 5.69 Å². The SMILES string of the molecule is Nc1c2c(cc3ccccc13)C(=O)c1ccccc1-2. The van der Waals surface area contributed by atoms with Gasteiger partial charge in [0.05, 0.1) is 0 Å². The topological polar surface area (TPSA) is 43.1 Å². The Labute approximate surface area is 110 Å². The molecular weight excluding hydrogens is 234 g/mol. The summed E-state index contributed by atoms with van der Waals surface area (Å²) in [5.74, 6) is 0.0723. The molecule has 0 saturated carbocycles. The number of hydrogen-bond donors (Lipinski definition) is 1. The van der Waals surface area contributed by atoms with Crippen LogP contribution in [0.2, 0.25) is 0 Å². The quantitative estimate of drug-likeness (QED) is 0.481. The third kappa shape index (κ3) is 1.23. The third-order valence-corrected chi connectivity index (χ3v) is 3.78. The van der Waals surface area contributed by atoms with E-state index >= 15 is 0 Å². The highest BCUT2D eigenvalue weighted by Gasteiger charge is 2.28. The predicted molar refractivity (Wildman–Crippen MR) is 77.2 cm³/mol. The van der Waals surface area contributed by atoms with Crippen LogP contribution in [0.5, 0.6) is 0 Å². The molecule has 2 N–H and O–H groups in total. The Morgan fingerprint density at radius 1 is 0.789 bits per heavy atom. The van der Waals surface area contributed by atoms with E-state index < -0.39 is 0 Å². The van der Waals surface area contributed by atoms with Gasteiger partial charge in [0, 0.05) is 27.8 Å². The fourth-order valence-electron chi connectivity index (χ4n) is 2.89. The van der Waals surface area contributed by atoms with Gasteiger partial charge in [-0.05, 0) is 17.0 Å². The molecule has 0 fully saturated rings. The summed E-state index contributed by atoms with van der Waals surface area (Å²) in [6, 6.07) is 17.5. The maximum atomic E-state index is 12.4. The Balaban J connectivity index is 2.20. The maximum Gasteiger partial charge on any atom is 0.194 e. The lowest BCUT2D eigenvalue weighted by molar-refractivity contribution is 0.104. The zero-order valence-corrected chi connectivity index (χ0v) is 10.2. The van der Waals surface area contributed by atoms with Crippen molar-refractivity contribution in [2.45, 2.75) is 0 Å². The van der Waals surface area contributed by atoms with Crippen LogP contribution in [0.15, 0.2) is 54.6 Å². The Morgan fingerprint density at radius 2 is 1.47 bits per heavy atom. The monoisotopic (exact) mass is 245 g/mol. The summed E-state index contributed by atoms with van der Waals surface area (Å²) in [6.07, 6.45) is 0. The number of carbonyl (C=O) groups excluding carboxylic acids is 1. The summed E-state index contributed by atoms with van der Waals surface area (Å²) in [7, 11) is 0. The smallest absolute Gasteiger partial charge is 0.194 e. The summed E-state index contributed by atoms with van der Waals surface area (Å²) < 4.78 is 0. The summed E-state index contributed by atoms with van der Waals surface area (Å²) >= 11 is 0. The van der Waals surface area contributed by atoms with Gasteiger partial charge >= 0.3 is 0 Å². The largest absolute Gasteiger partial charge is 0.398 e. The number of carbonyl (C=O) groups is 1. The normalized spacial score (nSPS) is 12.5. The number of nitrogen functional groups attached to an aromatic ring is 1. The van der Waals surface area contributed by atoms with E-state index in [-0.39, 0.29) is 5.78 Å². The summed E-state index contributed by atoms with van der Waals surface area (Å²) in [5, 5.41) is 2.02. The molecule has 0 atom stereocenters. The van der Waals surface area contributed by atoms with Crippen LogP contribution >= 0.6 is 0 Å². The Kier molecular flexibility index (Phi) is 1.88. The molecular formula is C17H11NO. The summed E-state index contributed by atoms with van der Waals surface area (Å²) in [6.45, 7) is 0. The minimum atomic E-state index is 0.0723. The molecule has 0 saturated heterocycles. The van der Waals surface area contributed by atoms with Crippen LogP contribution in [-0.2, 0) is 0 Å². The van der Waals surface area contributed by atoms with E-state index in [9.17, 15) is 4.79 Å².